The lowest BCUT2D eigenvalue weighted by Gasteiger charge is -2.01. The normalized spacial score (nSPS) is 14.4. The molecule has 4 heteroatoms. The summed E-state index contributed by atoms with van der Waals surface area (Å²) in [6.45, 7) is 2.96. The van der Waals surface area contributed by atoms with Gasteiger partial charge in [0.15, 0.2) is 6.29 Å². The lowest BCUT2D eigenvalue weighted by atomic mass is 10.2. The van der Waals surface area contributed by atoms with Gasteiger partial charge in [0, 0.05) is 6.04 Å². The molecule has 1 atom stereocenters. The van der Waals surface area contributed by atoms with Gasteiger partial charge < -0.3 is 11.5 Å². The van der Waals surface area contributed by atoms with E-state index < -0.39 is 0 Å². The molecule has 12 heavy (non-hydrogen) atoms. The number of rotatable bonds is 6. The second kappa shape index (κ2) is 6.94. The van der Waals surface area contributed by atoms with Gasteiger partial charge >= 0.3 is 0 Å². The Hall–Kier alpha value is -0.740. The van der Waals surface area contributed by atoms with Crippen LogP contribution in [-0.4, -0.2) is 31.1 Å². The molecule has 0 spiro atoms. The predicted octanol–water partition coefficient (Wildman–Crippen LogP) is -0.288. The molecule has 0 saturated carbocycles. The second-order valence-corrected chi connectivity index (χ2v) is 2.82. The van der Waals surface area contributed by atoms with Gasteiger partial charge in [0.1, 0.15) is 0 Å². The predicted molar refractivity (Wildman–Crippen MR) is 50.3 cm³/mol. The number of nitrogens with two attached hydrogens (primary N) is 2. The standard InChI is InChI=1S/C8H17N3O/c1-7(10)5-11-8(6-12)3-2-4-9/h6-7H,2-5,9-10H2,1H3. The lowest BCUT2D eigenvalue weighted by molar-refractivity contribution is -0.102. The first-order valence-corrected chi connectivity index (χ1v) is 4.14. The van der Waals surface area contributed by atoms with Crippen LogP contribution in [0.1, 0.15) is 19.8 Å². The van der Waals surface area contributed by atoms with E-state index in [-0.39, 0.29) is 6.04 Å². The van der Waals surface area contributed by atoms with E-state index in [9.17, 15) is 4.79 Å². The van der Waals surface area contributed by atoms with Gasteiger partial charge in [0.05, 0.1) is 12.3 Å². The maximum atomic E-state index is 10.4. The van der Waals surface area contributed by atoms with Crippen molar-refractivity contribution in [3.63, 3.8) is 0 Å². The van der Waals surface area contributed by atoms with Crippen LogP contribution in [0.3, 0.4) is 0 Å². The van der Waals surface area contributed by atoms with E-state index in [0.29, 0.717) is 25.2 Å². The molecule has 0 saturated heterocycles. The largest absolute Gasteiger partial charge is 0.330 e. The molecular formula is C8H17N3O. The molecule has 4 nitrogen and oxygen atoms in total. The summed E-state index contributed by atoms with van der Waals surface area (Å²) in [6, 6.07) is 0.0119. The monoisotopic (exact) mass is 171 g/mol. The number of hydrogen-bond donors (Lipinski definition) is 2. The Morgan fingerprint density at radius 1 is 1.67 bits per heavy atom. The third-order valence-electron chi connectivity index (χ3n) is 1.36. The number of hydrogen-bond acceptors (Lipinski definition) is 4. The van der Waals surface area contributed by atoms with Crippen LogP contribution >= 0.6 is 0 Å². The quantitative estimate of drug-likeness (QED) is 0.425. The summed E-state index contributed by atoms with van der Waals surface area (Å²) in [4.78, 5) is 14.5. The highest BCUT2D eigenvalue weighted by Gasteiger charge is 1.97. The van der Waals surface area contributed by atoms with Gasteiger partial charge in [-0.1, -0.05) is 0 Å². The SMILES string of the molecule is CC(N)CN=C(C=O)CCCN. The molecule has 0 aromatic carbocycles. The van der Waals surface area contributed by atoms with Crippen LogP contribution < -0.4 is 11.5 Å². The van der Waals surface area contributed by atoms with Crippen molar-refractivity contribution in [2.24, 2.45) is 16.5 Å². The van der Waals surface area contributed by atoms with Crippen molar-refractivity contribution in [1.82, 2.24) is 0 Å². The Bertz CT molecular complexity index is 154. The molecule has 0 aliphatic rings. The molecule has 70 valence electrons. The third kappa shape index (κ3) is 6.00. The molecule has 0 heterocycles. The van der Waals surface area contributed by atoms with E-state index in [1.165, 1.54) is 0 Å². The molecule has 0 bridgehead atoms. The summed E-state index contributed by atoms with van der Waals surface area (Å²) in [5.74, 6) is 0. The van der Waals surface area contributed by atoms with Crippen LogP contribution in [-0.2, 0) is 4.79 Å². The average Bonchev–Trinajstić information content (AvgIpc) is 2.05. The van der Waals surface area contributed by atoms with E-state index in [1.807, 2.05) is 6.92 Å². The second-order valence-electron chi connectivity index (χ2n) is 2.82. The first-order valence-electron chi connectivity index (χ1n) is 4.14. The van der Waals surface area contributed by atoms with Crippen molar-refractivity contribution in [3.05, 3.63) is 0 Å². The summed E-state index contributed by atoms with van der Waals surface area (Å²) >= 11 is 0. The van der Waals surface area contributed by atoms with Crippen molar-refractivity contribution in [2.45, 2.75) is 25.8 Å². The molecule has 1 unspecified atom stereocenters. The number of aldehydes is 1. The molecule has 0 amide bonds. The topological polar surface area (TPSA) is 81.5 Å². The Kier molecular flexibility index (Phi) is 6.51. The molecular weight excluding hydrogens is 154 g/mol. The number of nitrogens with zero attached hydrogens (tertiary/aromatic N) is 1. The van der Waals surface area contributed by atoms with Crippen LogP contribution in [0, 0.1) is 0 Å². The van der Waals surface area contributed by atoms with E-state index >= 15 is 0 Å². The Morgan fingerprint density at radius 3 is 2.75 bits per heavy atom. The van der Waals surface area contributed by atoms with Gasteiger partial charge in [-0.15, -0.1) is 0 Å². The summed E-state index contributed by atoms with van der Waals surface area (Å²) in [5, 5.41) is 0. The zero-order valence-electron chi connectivity index (χ0n) is 7.49. The van der Waals surface area contributed by atoms with Gasteiger partial charge in [-0.2, -0.15) is 0 Å². The number of carbonyl (C=O) groups is 1. The highest BCUT2D eigenvalue weighted by atomic mass is 16.1. The number of carbonyl (C=O) groups excluding carboxylic acids is 1. The van der Waals surface area contributed by atoms with Crippen LogP contribution in [0.5, 0.6) is 0 Å². The van der Waals surface area contributed by atoms with E-state index in [2.05, 4.69) is 4.99 Å². The van der Waals surface area contributed by atoms with Gasteiger partial charge in [-0.3, -0.25) is 9.79 Å². The van der Waals surface area contributed by atoms with Crippen LogP contribution in [0.4, 0.5) is 0 Å². The highest BCUT2D eigenvalue weighted by Crippen LogP contribution is 1.90. The van der Waals surface area contributed by atoms with Gasteiger partial charge in [-0.05, 0) is 26.3 Å². The molecule has 0 aromatic rings. The zero-order chi connectivity index (χ0) is 9.40. The fourth-order valence-corrected chi connectivity index (χ4v) is 0.720. The molecule has 0 rings (SSSR count). The first kappa shape index (κ1) is 11.3. The Morgan fingerprint density at radius 2 is 2.33 bits per heavy atom. The summed E-state index contributed by atoms with van der Waals surface area (Å²) in [6.07, 6.45) is 2.24. The van der Waals surface area contributed by atoms with Crippen molar-refractivity contribution >= 4 is 12.0 Å². The smallest absolute Gasteiger partial charge is 0.163 e. The minimum Gasteiger partial charge on any atom is -0.330 e. The van der Waals surface area contributed by atoms with Crippen molar-refractivity contribution in [3.8, 4) is 0 Å². The summed E-state index contributed by atoms with van der Waals surface area (Å²) < 4.78 is 0. The molecule has 0 aliphatic carbocycles. The maximum Gasteiger partial charge on any atom is 0.163 e. The summed E-state index contributed by atoms with van der Waals surface area (Å²) in [5.41, 5.74) is 11.3. The van der Waals surface area contributed by atoms with Crippen molar-refractivity contribution < 1.29 is 4.79 Å². The molecule has 0 fully saturated rings. The lowest BCUT2D eigenvalue weighted by Crippen LogP contribution is -2.20. The minimum atomic E-state index is 0.0119. The van der Waals surface area contributed by atoms with Crippen LogP contribution in [0.15, 0.2) is 4.99 Å². The van der Waals surface area contributed by atoms with Crippen LogP contribution in [0.25, 0.3) is 0 Å². The average molecular weight is 171 g/mol. The summed E-state index contributed by atoms with van der Waals surface area (Å²) in [7, 11) is 0. The van der Waals surface area contributed by atoms with E-state index in [4.69, 9.17) is 11.5 Å². The first-order chi connectivity index (χ1) is 5.70. The zero-order valence-corrected chi connectivity index (χ0v) is 7.49. The minimum absolute atomic E-state index is 0.0119. The fraction of sp³-hybridized carbons (Fsp3) is 0.750. The van der Waals surface area contributed by atoms with Crippen molar-refractivity contribution in [2.75, 3.05) is 13.1 Å². The van der Waals surface area contributed by atoms with E-state index in [0.717, 1.165) is 12.7 Å². The van der Waals surface area contributed by atoms with Gasteiger partial charge in [0.25, 0.3) is 0 Å². The third-order valence-corrected chi connectivity index (χ3v) is 1.36. The molecule has 0 aromatic heterocycles. The highest BCUT2D eigenvalue weighted by molar-refractivity contribution is 6.28. The van der Waals surface area contributed by atoms with Gasteiger partial charge in [-0.25, -0.2) is 0 Å². The molecule has 0 aliphatic heterocycles. The molecule has 0 radical (unpaired) electrons. The van der Waals surface area contributed by atoms with Gasteiger partial charge in [0.2, 0.25) is 0 Å². The van der Waals surface area contributed by atoms with E-state index in [1.54, 1.807) is 0 Å². The maximum absolute atomic E-state index is 10.4. The van der Waals surface area contributed by atoms with Crippen molar-refractivity contribution in [1.29, 1.82) is 0 Å². The molecule has 4 N–H and O–H groups in total. The Labute approximate surface area is 73.0 Å². The number of aliphatic imine (C=N–C) groups is 1. The van der Waals surface area contributed by atoms with Crippen LogP contribution in [0.2, 0.25) is 0 Å². The Balaban J connectivity index is 3.78. The fourth-order valence-electron chi connectivity index (χ4n) is 0.720.